The van der Waals surface area contributed by atoms with Gasteiger partial charge in [0.05, 0.1) is 0 Å². The monoisotopic (exact) mass is 776 g/mol. The van der Waals surface area contributed by atoms with E-state index in [1.54, 1.807) is 6.07 Å². The first kappa shape index (κ1) is 37.6. The van der Waals surface area contributed by atoms with E-state index in [0.717, 1.165) is 72.5 Å². The lowest BCUT2D eigenvalue weighted by Crippen LogP contribution is -2.34. The normalized spacial score (nSPS) is 14.5. The molecule has 9 rings (SSSR count). The van der Waals surface area contributed by atoms with E-state index in [9.17, 15) is 9.90 Å². The molecule has 1 aliphatic rings. The van der Waals surface area contributed by atoms with Gasteiger partial charge in [0.25, 0.3) is 0 Å². The van der Waals surface area contributed by atoms with Gasteiger partial charge in [-0.05, 0) is 119 Å². The lowest BCUT2D eigenvalue weighted by molar-refractivity contribution is -0.132. The van der Waals surface area contributed by atoms with E-state index in [0.29, 0.717) is 5.56 Å². The SMILES string of the molecule is Cc1ccc(N(c2ccc(C)cc2)c2ccc(-c3ccc4c5c(ccc4c3)OC(c3ccccc3)(c3ccc(-c4ccc(/C=C(\C#N)C(=O)O)cc4)cc3)C=C5)cc2)cc1. The highest BCUT2D eigenvalue weighted by Crippen LogP contribution is 2.45. The van der Waals surface area contributed by atoms with Crippen LogP contribution in [-0.2, 0) is 10.4 Å². The summed E-state index contributed by atoms with van der Waals surface area (Å²) in [7, 11) is 0. The highest BCUT2D eigenvalue weighted by atomic mass is 16.5. The van der Waals surface area contributed by atoms with E-state index in [1.165, 1.54) is 17.2 Å². The van der Waals surface area contributed by atoms with Crippen LogP contribution in [0.15, 0.2) is 194 Å². The summed E-state index contributed by atoms with van der Waals surface area (Å²) in [5, 5.41) is 20.6. The molecule has 1 unspecified atom stereocenters. The third kappa shape index (κ3) is 7.23. The molecule has 0 spiro atoms. The van der Waals surface area contributed by atoms with Crippen molar-refractivity contribution in [1.82, 2.24) is 0 Å². The average Bonchev–Trinajstić information content (AvgIpc) is 3.29. The number of ether oxygens (including phenoxy) is 1. The van der Waals surface area contributed by atoms with E-state index in [4.69, 9.17) is 10.00 Å². The number of nitriles is 1. The predicted octanol–water partition coefficient (Wildman–Crippen LogP) is 13.6. The molecule has 0 aromatic heterocycles. The Hall–Kier alpha value is -7.94. The fourth-order valence-corrected chi connectivity index (χ4v) is 7.97. The van der Waals surface area contributed by atoms with Gasteiger partial charge in [0.15, 0.2) is 5.60 Å². The second kappa shape index (κ2) is 15.8. The van der Waals surface area contributed by atoms with Gasteiger partial charge in [0.2, 0.25) is 0 Å². The first-order valence-electron chi connectivity index (χ1n) is 19.9. The van der Waals surface area contributed by atoms with Gasteiger partial charge in [-0.25, -0.2) is 4.79 Å². The molecule has 1 heterocycles. The smallest absolute Gasteiger partial charge is 0.346 e. The van der Waals surface area contributed by atoms with Gasteiger partial charge in [-0.2, -0.15) is 5.26 Å². The fourth-order valence-electron chi connectivity index (χ4n) is 7.97. The highest BCUT2D eigenvalue weighted by Gasteiger charge is 2.37. The number of carboxylic acids is 1. The van der Waals surface area contributed by atoms with E-state index >= 15 is 0 Å². The molecule has 0 amide bonds. The van der Waals surface area contributed by atoms with Crippen molar-refractivity contribution >= 4 is 46.0 Å². The number of hydrogen-bond donors (Lipinski definition) is 1. The summed E-state index contributed by atoms with van der Waals surface area (Å²) < 4.78 is 7.09. The fraction of sp³-hybridized carbons (Fsp3) is 0.0545. The van der Waals surface area contributed by atoms with Crippen molar-refractivity contribution < 1.29 is 14.6 Å². The summed E-state index contributed by atoms with van der Waals surface area (Å²) in [4.78, 5) is 13.6. The van der Waals surface area contributed by atoms with Crippen LogP contribution in [0.2, 0.25) is 0 Å². The number of anilines is 3. The quantitative estimate of drug-likeness (QED) is 0.117. The zero-order valence-corrected chi connectivity index (χ0v) is 33.2. The van der Waals surface area contributed by atoms with Crippen LogP contribution >= 0.6 is 0 Å². The third-order valence-corrected chi connectivity index (χ3v) is 11.2. The number of nitrogens with zero attached hydrogens (tertiary/aromatic N) is 2. The molecule has 5 nitrogen and oxygen atoms in total. The van der Waals surface area contributed by atoms with Crippen molar-refractivity contribution in [2.45, 2.75) is 19.4 Å². The van der Waals surface area contributed by atoms with E-state index < -0.39 is 11.6 Å². The summed E-state index contributed by atoms with van der Waals surface area (Å²) in [5.74, 6) is -0.435. The molecule has 0 aliphatic carbocycles. The minimum atomic E-state index is -1.24. The van der Waals surface area contributed by atoms with Gasteiger partial charge in [-0.3, -0.25) is 0 Å². The number of rotatable bonds is 9. The summed E-state index contributed by atoms with van der Waals surface area (Å²) in [5.41, 5.74) is 12.6. The molecular weight excluding hydrogens is 737 g/mol. The van der Waals surface area contributed by atoms with Crippen LogP contribution < -0.4 is 9.64 Å². The van der Waals surface area contributed by atoms with Crippen molar-refractivity contribution in [3.63, 3.8) is 0 Å². The van der Waals surface area contributed by atoms with Crippen LogP contribution in [0, 0.1) is 25.2 Å². The standard InChI is InChI=1S/C55H40N2O3/c1-37-8-24-48(25-9-37)57(49-26-10-38(2)11-27-49)50-28-18-42(19-29-50)43-20-30-51-44(35-43)21-31-53-52(51)32-33-55(60-53,46-6-4-3-5-7-46)47-22-16-41(17-23-47)40-14-12-39(13-15-40)34-45(36-56)54(58)59/h3-35H,1-2H3,(H,58,59)/b45-34+. The number of benzene rings is 8. The largest absolute Gasteiger partial charge is 0.477 e. The van der Waals surface area contributed by atoms with Crippen molar-refractivity contribution in [2.24, 2.45) is 0 Å². The van der Waals surface area contributed by atoms with Crippen molar-refractivity contribution in [3.8, 4) is 34.1 Å². The van der Waals surface area contributed by atoms with Gasteiger partial charge >= 0.3 is 5.97 Å². The second-order valence-corrected chi connectivity index (χ2v) is 15.2. The highest BCUT2D eigenvalue weighted by molar-refractivity contribution is 5.97. The molecule has 60 heavy (non-hydrogen) atoms. The maximum Gasteiger partial charge on any atom is 0.346 e. The molecule has 1 aliphatic heterocycles. The molecule has 0 saturated heterocycles. The van der Waals surface area contributed by atoms with Crippen LogP contribution in [0.25, 0.3) is 45.2 Å². The molecule has 288 valence electrons. The van der Waals surface area contributed by atoms with Crippen LogP contribution in [0.4, 0.5) is 17.1 Å². The molecule has 0 radical (unpaired) electrons. The molecule has 1 N–H and O–H groups in total. The van der Waals surface area contributed by atoms with Crippen LogP contribution in [-0.4, -0.2) is 11.1 Å². The Labute approximate surface area is 350 Å². The zero-order chi connectivity index (χ0) is 41.2. The first-order chi connectivity index (χ1) is 29.3. The van der Waals surface area contributed by atoms with Gasteiger partial charge < -0.3 is 14.7 Å². The second-order valence-electron chi connectivity index (χ2n) is 15.2. The molecular formula is C55H40N2O3. The maximum atomic E-state index is 11.3. The Morgan fingerprint density at radius 3 is 1.72 bits per heavy atom. The predicted molar refractivity (Wildman–Crippen MR) is 244 cm³/mol. The van der Waals surface area contributed by atoms with Crippen molar-refractivity contribution in [1.29, 1.82) is 5.26 Å². The Morgan fingerprint density at radius 2 is 1.13 bits per heavy atom. The molecule has 8 aromatic carbocycles. The summed E-state index contributed by atoms with van der Waals surface area (Å²) in [6.45, 7) is 4.23. The number of carboxylic acid groups (broad SMARTS) is 1. The maximum absolute atomic E-state index is 11.3. The van der Waals surface area contributed by atoms with Gasteiger partial charge in [0, 0.05) is 33.8 Å². The number of hydrogen-bond acceptors (Lipinski definition) is 4. The Balaban J connectivity index is 1.01. The third-order valence-electron chi connectivity index (χ3n) is 11.2. The molecule has 0 saturated carbocycles. The topological polar surface area (TPSA) is 73.6 Å². The summed E-state index contributed by atoms with van der Waals surface area (Å²) in [6, 6.07) is 64.8. The molecule has 5 heteroatoms. The number of aliphatic carboxylic acids is 1. The lowest BCUT2D eigenvalue weighted by atomic mass is 9.82. The summed E-state index contributed by atoms with van der Waals surface area (Å²) >= 11 is 0. The number of carbonyl (C=O) groups is 1. The zero-order valence-electron chi connectivity index (χ0n) is 33.2. The summed E-state index contributed by atoms with van der Waals surface area (Å²) in [6.07, 6.45) is 5.73. The minimum absolute atomic E-state index is 0.305. The molecule has 0 fully saturated rings. The van der Waals surface area contributed by atoms with Crippen LogP contribution in [0.1, 0.15) is 33.4 Å². The number of aryl methyl sites for hydroxylation is 2. The van der Waals surface area contributed by atoms with E-state index in [1.807, 2.05) is 42.5 Å². The van der Waals surface area contributed by atoms with Gasteiger partial charge in [-0.15, -0.1) is 0 Å². The van der Waals surface area contributed by atoms with E-state index in [-0.39, 0.29) is 5.57 Å². The Morgan fingerprint density at radius 1 is 0.617 bits per heavy atom. The molecule has 0 bridgehead atoms. The first-order valence-corrected chi connectivity index (χ1v) is 19.9. The van der Waals surface area contributed by atoms with Crippen LogP contribution in [0.5, 0.6) is 5.75 Å². The van der Waals surface area contributed by atoms with Gasteiger partial charge in [-0.1, -0.05) is 145 Å². The van der Waals surface area contributed by atoms with Crippen molar-refractivity contribution in [3.05, 3.63) is 227 Å². The molecule has 8 aromatic rings. The minimum Gasteiger partial charge on any atom is -0.477 e. The van der Waals surface area contributed by atoms with Crippen LogP contribution in [0.3, 0.4) is 0 Å². The molecule has 1 atom stereocenters. The Bertz CT molecular complexity index is 2920. The van der Waals surface area contributed by atoms with Crippen molar-refractivity contribution in [2.75, 3.05) is 4.90 Å². The van der Waals surface area contributed by atoms with Gasteiger partial charge in [0.1, 0.15) is 17.4 Å². The Kier molecular flexibility index (Phi) is 9.89. The van der Waals surface area contributed by atoms with E-state index in [2.05, 4.69) is 170 Å². The average molecular weight is 777 g/mol. The lowest BCUT2D eigenvalue weighted by Gasteiger charge is -2.36. The number of fused-ring (bicyclic) bond motifs is 3.